The smallest absolute Gasteiger partial charge is 0.122 e. The molecule has 19 heavy (non-hydrogen) atoms. The summed E-state index contributed by atoms with van der Waals surface area (Å²) in [7, 11) is 0. The topological polar surface area (TPSA) is 32.7 Å². The number of hydrogen-bond acceptors (Lipinski definition) is 3. The molecule has 3 nitrogen and oxygen atoms in total. The summed E-state index contributed by atoms with van der Waals surface area (Å²) in [5.74, 6) is 1.55. The maximum atomic E-state index is 9.20. The zero-order valence-corrected chi connectivity index (χ0v) is 11.4. The Balaban J connectivity index is 1.67. The molecule has 0 radical (unpaired) electrons. The number of para-hydroxylation sites is 1. The minimum absolute atomic E-state index is 0.304. The molecule has 2 aliphatic rings. The van der Waals surface area contributed by atoms with Crippen LogP contribution in [0.1, 0.15) is 37.2 Å². The highest BCUT2D eigenvalue weighted by Gasteiger charge is 2.29. The Bertz CT molecular complexity index is 419. The molecule has 0 amide bonds. The van der Waals surface area contributed by atoms with Crippen LogP contribution in [0.4, 0.5) is 0 Å². The van der Waals surface area contributed by atoms with E-state index in [0.717, 1.165) is 25.3 Å². The van der Waals surface area contributed by atoms with E-state index in [1.54, 1.807) is 0 Å². The van der Waals surface area contributed by atoms with Gasteiger partial charge in [0.15, 0.2) is 0 Å². The number of hydrogen-bond donors (Lipinski definition) is 1. The molecule has 0 spiro atoms. The van der Waals surface area contributed by atoms with Crippen molar-refractivity contribution in [1.82, 2.24) is 4.90 Å². The van der Waals surface area contributed by atoms with Crippen LogP contribution in [0.3, 0.4) is 0 Å². The summed E-state index contributed by atoms with van der Waals surface area (Å²) >= 11 is 0. The van der Waals surface area contributed by atoms with Gasteiger partial charge in [0.2, 0.25) is 0 Å². The van der Waals surface area contributed by atoms with Gasteiger partial charge in [-0.05, 0) is 31.9 Å². The lowest BCUT2D eigenvalue weighted by Crippen LogP contribution is -2.42. The average molecular weight is 261 g/mol. The van der Waals surface area contributed by atoms with Crippen molar-refractivity contribution in [2.45, 2.75) is 37.6 Å². The number of fused-ring (bicyclic) bond motifs is 1. The summed E-state index contributed by atoms with van der Waals surface area (Å²) in [6.07, 6.45) is 4.74. The molecule has 104 valence electrons. The van der Waals surface area contributed by atoms with Crippen LogP contribution < -0.4 is 4.74 Å². The van der Waals surface area contributed by atoms with Crippen LogP contribution in [0.2, 0.25) is 0 Å². The first-order chi connectivity index (χ1) is 9.38. The van der Waals surface area contributed by atoms with E-state index in [2.05, 4.69) is 23.1 Å². The van der Waals surface area contributed by atoms with Crippen molar-refractivity contribution in [1.29, 1.82) is 0 Å². The monoisotopic (exact) mass is 261 g/mol. The van der Waals surface area contributed by atoms with Crippen LogP contribution in [0.25, 0.3) is 0 Å². The SMILES string of the molecule is OCCC1CCCCN1CC1COc2ccccc21. The van der Waals surface area contributed by atoms with Gasteiger partial charge in [0.05, 0.1) is 6.61 Å². The lowest BCUT2D eigenvalue weighted by molar-refractivity contribution is 0.108. The highest BCUT2D eigenvalue weighted by molar-refractivity contribution is 5.39. The van der Waals surface area contributed by atoms with E-state index in [4.69, 9.17) is 4.74 Å². The third-order valence-corrected chi connectivity index (χ3v) is 4.47. The fourth-order valence-corrected chi connectivity index (χ4v) is 3.44. The lowest BCUT2D eigenvalue weighted by Gasteiger charge is -2.36. The molecular formula is C16H23NO2. The fourth-order valence-electron chi connectivity index (χ4n) is 3.44. The van der Waals surface area contributed by atoms with Gasteiger partial charge in [-0.15, -0.1) is 0 Å². The van der Waals surface area contributed by atoms with Crippen LogP contribution in [0.5, 0.6) is 5.75 Å². The van der Waals surface area contributed by atoms with Gasteiger partial charge in [-0.25, -0.2) is 0 Å². The zero-order chi connectivity index (χ0) is 13.1. The van der Waals surface area contributed by atoms with Gasteiger partial charge < -0.3 is 9.84 Å². The molecule has 3 rings (SSSR count). The number of nitrogens with zero attached hydrogens (tertiary/aromatic N) is 1. The Morgan fingerprint density at radius 3 is 3.05 bits per heavy atom. The Kier molecular flexibility index (Phi) is 4.04. The molecule has 2 heterocycles. The number of benzene rings is 1. The molecular weight excluding hydrogens is 238 g/mol. The zero-order valence-electron chi connectivity index (χ0n) is 11.4. The molecule has 0 aromatic heterocycles. The molecule has 1 saturated heterocycles. The van der Waals surface area contributed by atoms with Crippen LogP contribution in [-0.4, -0.2) is 42.4 Å². The number of aliphatic hydroxyl groups is 1. The molecule has 0 saturated carbocycles. The van der Waals surface area contributed by atoms with Crippen LogP contribution in [0.15, 0.2) is 24.3 Å². The summed E-state index contributed by atoms with van der Waals surface area (Å²) in [6, 6.07) is 8.96. The number of aliphatic hydroxyl groups excluding tert-OH is 1. The number of piperidine rings is 1. The van der Waals surface area contributed by atoms with Crippen LogP contribution in [0, 0.1) is 0 Å². The average Bonchev–Trinajstić information content (AvgIpc) is 2.85. The molecule has 3 heteroatoms. The quantitative estimate of drug-likeness (QED) is 0.903. The lowest BCUT2D eigenvalue weighted by atomic mass is 9.95. The predicted molar refractivity (Wildman–Crippen MR) is 75.6 cm³/mol. The second-order valence-corrected chi connectivity index (χ2v) is 5.70. The molecule has 1 aromatic carbocycles. The third-order valence-electron chi connectivity index (χ3n) is 4.47. The summed E-state index contributed by atoms with van der Waals surface area (Å²) in [5.41, 5.74) is 1.36. The van der Waals surface area contributed by atoms with Crippen LogP contribution >= 0.6 is 0 Å². The molecule has 2 atom stereocenters. The summed E-state index contributed by atoms with van der Waals surface area (Å²) < 4.78 is 5.77. The van der Waals surface area contributed by atoms with Gasteiger partial charge in [0, 0.05) is 30.7 Å². The first-order valence-electron chi connectivity index (χ1n) is 7.45. The maximum Gasteiger partial charge on any atom is 0.122 e. The molecule has 1 N–H and O–H groups in total. The molecule has 0 bridgehead atoms. The minimum atomic E-state index is 0.304. The van der Waals surface area contributed by atoms with E-state index in [-0.39, 0.29) is 0 Å². The van der Waals surface area contributed by atoms with Gasteiger partial charge in [-0.3, -0.25) is 4.90 Å². The van der Waals surface area contributed by atoms with Gasteiger partial charge >= 0.3 is 0 Å². The van der Waals surface area contributed by atoms with Gasteiger partial charge in [0.25, 0.3) is 0 Å². The summed E-state index contributed by atoms with van der Waals surface area (Å²) in [6.45, 7) is 3.35. The third kappa shape index (κ3) is 2.77. The number of ether oxygens (including phenoxy) is 1. The van der Waals surface area contributed by atoms with E-state index < -0.39 is 0 Å². The van der Waals surface area contributed by atoms with Crippen molar-refractivity contribution in [2.75, 3.05) is 26.3 Å². The highest BCUT2D eigenvalue weighted by Crippen LogP contribution is 2.35. The Morgan fingerprint density at radius 1 is 1.26 bits per heavy atom. The van der Waals surface area contributed by atoms with Crippen molar-refractivity contribution < 1.29 is 9.84 Å². The van der Waals surface area contributed by atoms with Crippen molar-refractivity contribution in [3.05, 3.63) is 29.8 Å². The molecule has 1 fully saturated rings. The van der Waals surface area contributed by atoms with E-state index in [9.17, 15) is 5.11 Å². The number of likely N-dealkylation sites (tertiary alicyclic amines) is 1. The summed E-state index contributed by atoms with van der Waals surface area (Å²) in [5, 5.41) is 9.20. The molecule has 2 aliphatic heterocycles. The van der Waals surface area contributed by atoms with Gasteiger partial charge in [-0.1, -0.05) is 24.6 Å². The van der Waals surface area contributed by atoms with Crippen molar-refractivity contribution in [3.63, 3.8) is 0 Å². The van der Waals surface area contributed by atoms with E-state index in [0.29, 0.717) is 18.6 Å². The normalized spacial score (nSPS) is 27.0. The molecule has 0 aliphatic carbocycles. The minimum Gasteiger partial charge on any atom is -0.493 e. The largest absolute Gasteiger partial charge is 0.493 e. The number of rotatable bonds is 4. The Hall–Kier alpha value is -1.06. The summed E-state index contributed by atoms with van der Waals surface area (Å²) in [4.78, 5) is 2.57. The van der Waals surface area contributed by atoms with E-state index in [1.807, 2.05) is 6.07 Å². The standard InChI is InChI=1S/C16H23NO2/c18-10-8-14-5-3-4-9-17(14)11-13-12-19-16-7-2-1-6-15(13)16/h1-2,6-7,13-14,18H,3-5,8-12H2. The van der Waals surface area contributed by atoms with Crippen LogP contribution in [-0.2, 0) is 0 Å². The Morgan fingerprint density at radius 2 is 2.16 bits per heavy atom. The first kappa shape index (κ1) is 12.9. The van der Waals surface area contributed by atoms with Crippen molar-refractivity contribution in [2.24, 2.45) is 0 Å². The molecule has 2 unspecified atom stereocenters. The van der Waals surface area contributed by atoms with Crippen molar-refractivity contribution in [3.8, 4) is 5.75 Å². The fraction of sp³-hybridized carbons (Fsp3) is 0.625. The highest BCUT2D eigenvalue weighted by atomic mass is 16.5. The van der Waals surface area contributed by atoms with E-state index >= 15 is 0 Å². The first-order valence-corrected chi connectivity index (χ1v) is 7.45. The second-order valence-electron chi connectivity index (χ2n) is 5.70. The van der Waals surface area contributed by atoms with Gasteiger partial charge in [-0.2, -0.15) is 0 Å². The van der Waals surface area contributed by atoms with E-state index in [1.165, 1.54) is 31.4 Å². The van der Waals surface area contributed by atoms with Crippen molar-refractivity contribution >= 4 is 0 Å². The predicted octanol–water partition coefficient (Wildman–Crippen LogP) is 2.40. The molecule has 1 aromatic rings. The van der Waals surface area contributed by atoms with Gasteiger partial charge in [0.1, 0.15) is 5.75 Å². The second kappa shape index (κ2) is 5.93. The Labute approximate surface area is 115 Å². The maximum absolute atomic E-state index is 9.20.